The van der Waals surface area contributed by atoms with Gasteiger partial charge in [0.15, 0.2) is 0 Å². The van der Waals surface area contributed by atoms with E-state index < -0.39 is 0 Å². The molecular formula is C16H26. The smallest absolute Gasteiger partial charge is 0.0230 e. The van der Waals surface area contributed by atoms with Crippen LogP contribution in [0.2, 0.25) is 0 Å². The molecule has 0 nitrogen and oxygen atoms in total. The van der Waals surface area contributed by atoms with Crippen LogP contribution in [0.4, 0.5) is 0 Å². The number of unbranched alkanes of at least 4 members (excludes halogenated alkanes) is 1. The molecule has 1 fully saturated rings. The fraction of sp³-hybridized carbons (Fsp3) is 0.500. The first-order valence-corrected chi connectivity index (χ1v) is 6.42. The lowest BCUT2D eigenvalue weighted by Crippen LogP contribution is -1.57. The van der Waals surface area contributed by atoms with E-state index in [0.717, 1.165) is 5.92 Å². The number of rotatable bonds is 5. The van der Waals surface area contributed by atoms with Crippen LogP contribution in [0.1, 0.15) is 46.5 Å². The molecule has 0 aliphatic heterocycles. The van der Waals surface area contributed by atoms with Gasteiger partial charge in [-0.1, -0.05) is 62.0 Å². The Bertz CT molecular complexity index is 237. The van der Waals surface area contributed by atoms with E-state index in [1.807, 2.05) is 19.9 Å². The zero-order valence-corrected chi connectivity index (χ0v) is 11.0. The first kappa shape index (κ1) is 15.0. The Morgan fingerprint density at radius 3 is 2.06 bits per heavy atom. The highest BCUT2D eigenvalue weighted by Gasteiger charge is 2.16. The highest BCUT2D eigenvalue weighted by atomic mass is 14.2. The van der Waals surface area contributed by atoms with Crippen molar-refractivity contribution in [2.45, 2.75) is 46.5 Å². The molecule has 0 saturated heterocycles. The summed E-state index contributed by atoms with van der Waals surface area (Å²) in [5.74, 6) is 0.922. The lowest BCUT2D eigenvalue weighted by molar-refractivity contribution is 0.959. The van der Waals surface area contributed by atoms with E-state index in [2.05, 4.69) is 49.5 Å². The summed E-state index contributed by atoms with van der Waals surface area (Å²) in [5.41, 5.74) is 0. The number of hydrogen-bond acceptors (Lipinski definition) is 0. The van der Waals surface area contributed by atoms with Gasteiger partial charge in [0.1, 0.15) is 0 Å². The monoisotopic (exact) mass is 218 g/mol. The molecule has 0 radical (unpaired) electrons. The van der Waals surface area contributed by atoms with Crippen molar-refractivity contribution in [3.8, 4) is 0 Å². The lowest BCUT2D eigenvalue weighted by Gasteiger charge is -1.78. The van der Waals surface area contributed by atoms with E-state index in [0.29, 0.717) is 0 Å². The molecule has 0 spiro atoms. The summed E-state index contributed by atoms with van der Waals surface area (Å²) >= 11 is 0. The third kappa shape index (κ3) is 13.0. The molecule has 0 heterocycles. The van der Waals surface area contributed by atoms with Gasteiger partial charge in [-0.05, 0) is 39.0 Å². The molecule has 0 unspecified atom stereocenters. The second-order valence-electron chi connectivity index (χ2n) is 3.99. The summed E-state index contributed by atoms with van der Waals surface area (Å²) in [4.78, 5) is 0. The van der Waals surface area contributed by atoms with E-state index in [4.69, 9.17) is 0 Å². The molecule has 0 heteroatoms. The minimum Gasteiger partial charge on any atom is -0.0877 e. The maximum absolute atomic E-state index is 2.28. The molecule has 0 N–H and O–H groups in total. The normalized spacial score (nSPS) is 16.4. The Labute approximate surface area is 101 Å². The molecular weight excluding hydrogens is 192 g/mol. The average Bonchev–Trinajstić information content (AvgIpc) is 3.10. The van der Waals surface area contributed by atoms with Crippen LogP contribution in [-0.4, -0.2) is 0 Å². The number of hydrogen-bond donors (Lipinski definition) is 0. The molecule has 1 rings (SSSR count). The fourth-order valence-corrected chi connectivity index (χ4v) is 1.07. The van der Waals surface area contributed by atoms with Gasteiger partial charge >= 0.3 is 0 Å². The van der Waals surface area contributed by atoms with Crippen molar-refractivity contribution in [2.75, 3.05) is 0 Å². The van der Waals surface area contributed by atoms with E-state index in [1.54, 1.807) is 0 Å². The van der Waals surface area contributed by atoms with Crippen LogP contribution in [0.25, 0.3) is 0 Å². The molecule has 1 aliphatic carbocycles. The van der Waals surface area contributed by atoms with Crippen molar-refractivity contribution in [1.82, 2.24) is 0 Å². The second-order valence-corrected chi connectivity index (χ2v) is 3.99. The van der Waals surface area contributed by atoms with Crippen LogP contribution < -0.4 is 0 Å². The zero-order valence-electron chi connectivity index (χ0n) is 11.0. The topological polar surface area (TPSA) is 0 Å². The van der Waals surface area contributed by atoms with E-state index in [-0.39, 0.29) is 0 Å². The Hall–Kier alpha value is -1.04. The van der Waals surface area contributed by atoms with Gasteiger partial charge in [-0.3, -0.25) is 0 Å². The van der Waals surface area contributed by atoms with Gasteiger partial charge in [0, 0.05) is 0 Å². The Morgan fingerprint density at radius 2 is 1.56 bits per heavy atom. The molecule has 16 heavy (non-hydrogen) atoms. The van der Waals surface area contributed by atoms with Crippen LogP contribution in [0, 0.1) is 5.92 Å². The SMILES string of the molecule is C/C=C/C=C\C1CC1.C/C=C\C=C/CCC. The van der Waals surface area contributed by atoms with Crippen molar-refractivity contribution in [3.63, 3.8) is 0 Å². The summed E-state index contributed by atoms with van der Waals surface area (Å²) in [6.45, 7) is 6.24. The minimum absolute atomic E-state index is 0.922. The molecule has 90 valence electrons. The summed E-state index contributed by atoms with van der Waals surface area (Å²) in [6.07, 6.45) is 22.2. The molecule has 0 aromatic rings. The third-order valence-electron chi connectivity index (χ3n) is 2.20. The molecule has 0 aromatic heterocycles. The Kier molecular flexibility index (Phi) is 11.2. The molecule has 1 aliphatic rings. The summed E-state index contributed by atoms with van der Waals surface area (Å²) in [5, 5.41) is 0. The van der Waals surface area contributed by atoms with Crippen molar-refractivity contribution < 1.29 is 0 Å². The predicted octanol–water partition coefficient (Wildman–Crippen LogP) is 5.45. The fourth-order valence-electron chi connectivity index (χ4n) is 1.07. The van der Waals surface area contributed by atoms with Crippen LogP contribution >= 0.6 is 0 Å². The molecule has 0 aromatic carbocycles. The van der Waals surface area contributed by atoms with E-state index >= 15 is 0 Å². The van der Waals surface area contributed by atoms with Crippen LogP contribution in [0.3, 0.4) is 0 Å². The molecule has 0 bridgehead atoms. The summed E-state index contributed by atoms with van der Waals surface area (Å²) in [6, 6.07) is 0. The van der Waals surface area contributed by atoms with Crippen molar-refractivity contribution in [1.29, 1.82) is 0 Å². The highest BCUT2D eigenvalue weighted by Crippen LogP contribution is 2.29. The standard InChI is InChI=1S/C8H12.C8H14/c1-2-3-4-5-8-6-7-8;1-3-5-7-8-6-4-2/h2-5,8H,6-7H2,1H3;3,5,7-8H,4,6H2,1-2H3/b3-2+,5-4-;5-3-,8-7-. The Balaban J connectivity index is 0.000000281. The second kappa shape index (κ2) is 12.0. The van der Waals surface area contributed by atoms with Crippen LogP contribution in [-0.2, 0) is 0 Å². The van der Waals surface area contributed by atoms with Crippen LogP contribution in [0.15, 0.2) is 48.6 Å². The van der Waals surface area contributed by atoms with Crippen molar-refractivity contribution >= 4 is 0 Å². The van der Waals surface area contributed by atoms with Gasteiger partial charge in [-0.15, -0.1) is 0 Å². The van der Waals surface area contributed by atoms with Crippen molar-refractivity contribution in [2.24, 2.45) is 5.92 Å². The van der Waals surface area contributed by atoms with Crippen molar-refractivity contribution in [3.05, 3.63) is 48.6 Å². The highest BCUT2D eigenvalue weighted by molar-refractivity contribution is 5.06. The minimum atomic E-state index is 0.922. The Morgan fingerprint density at radius 1 is 0.938 bits per heavy atom. The van der Waals surface area contributed by atoms with E-state index in [1.165, 1.54) is 25.7 Å². The molecule has 0 atom stereocenters. The summed E-state index contributed by atoms with van der Waals surface area (Å²) in [7, 11) is 0. The summed E-state index contributed by atoms with van der Waals surface area (Å²) < 4.78 is 0. The largest absolute Gasteiger partial charge is 0.0877 e. The molecule has 0 amide bonds. The zero-order chi connectivity index (χ0) is 12.1. The van der Waals surface area contributed by atoms with Crippen LogP contribution in [0.5, 0.6) is 0 Å². The van der Waals surface area contributed by atoms with Gasteiger partial charge in [0.25, 0.3) is 0 Å². The average molecular weight is 218 g/mol. The van der Waals surface area contributed by atoms with Gasteiger partial charge in [-0.25, -0.2) is 0 Å². The van der Waals surface area contributed by atoms with Gasteiger partial charge in [-0.2, -0.15) is 0 Å². The first-order valence-electron chi connectivity index (χ1n) is 6.42. The maximum atomic E-state index is 2.28. The third-order valence-corrected chi connectivity index (χ3v) is 2.20. The van der Waals surface area contributed by atoms with Gasteiger partial charge in [0.2, 0.25) is 0 Å². The molecule has 1 saturated carbocycles. The first-order chi connectivity index (χ1) is 7.85. The maximum Gasteiger partial charge on any atom is -0.0230 e. The van der Waals surface area contributed by atoms with Gasteiger partial charge < -0.3 is 0 Å². The van der Waals surface area contributed by atoms with E-state index in [9.17, 15) is 0 Å². The quantitative estimate of drug-likeness (QED) is 0.538. The van der Waals surface area contributed by atoms with Gasteiger partial charge in [0.05, 0.1) is 0 Å². The number of allylic oxidation sites excluding steroid dienone is 8. The predicted molar refractivity (Wildman–Crippen MR) is 75.5 cm³/mol. The lowest BCUT2D eigenvalue weighted by atomic mass is 10.3.